The Labute approximate surface area is 175 Å². The summed E-state index contributed by atoms with van der Waals surface area (Å²) >= 11 is 6.16. The Morgan fingerprint density at radius 2 is 1.77 bits per heavy atom. The van der Waals surface area contributed by atoms with Gasteiger partial charge in [-0.15, -0.1) is 0 Å². The van der Waals surface area contributed by atoms with Crippen LogP contribution < -0.4 is 9.91 Å². The van der Waals surface area contributed by atoms with Crippen molar-refractivity contribution in [1.82, 2.24) is 0 Å². The molecule has 2 atom stereocenters. The first kappa shape index (κ1) is 19.7. The summed E-state index contributed by atoms with van der Waals surface area (Å²) in [6.07, 6.45) is 0. The van der Waals surface area contributed by atoms with Gasteiger partial charge >= 0.3 is 0 Å². The number of nitrogens with zero attached hydrogens (tertiary/aromatic N) is 4. The Morgan fingerprint density at radius 3 is 2.43 bits per heavy atom. The number of carbonyl (C=O) groups excluding carboxylic acids is 3. The van der Waals surface area contributed by atoms with Gasteiger partial charge in [-0.2, -0.15) is 5.10 Å². The maximum atomic E-state index is 13.4. The fourth-order valence-electron chi connectivity index (χ4n) is 3.79. The largest absolute Gasteiger partial charge is 0.294 e. The number of benzene rings is 2. The van der Waals surface area contributed by atoms with Crippen LogP contribution in [0.15, 0.2) is 47.6 Å². The number of ketones is 1. The Hall–Kier alpha value is -3.59. The fourth-order valence-corrected chi connectivity index (χ4v) is 3.96. The summed E-state index contributed by atoms with van der Waals surface area (Å²) in [5.41, 5.74) is 0.456. The molecule has 152 valence electrons. The lowest BCUT2D eigenvalue weighted by atomic mass is 9.95. The van der Waals surface area contributed by atoms with Crippen molar-refractivity contribution in [3.05, 3.63) is 63.2 Å². The number of hydrogen-bond donors (Lipinski definition) is 0. The zero-order chi connectivity index (χ0) is 21.7. The normalized spacial score (nSPS) is 20.4. The van der Waals surface area contributed by atoms with E-state index in [0.29, 0.717) is 16.3 Å². The number of hydrogen-bond acceptors (Lipinski definition) is 7. The van der Waals surface area contributed by atoms with Gasteiger partial charge in [0, 0.05) is 18.0 Å². The minimum absolute atomic E-state index is 0.0274. The van der Waals surface area contributed by atoms with E-state index in [4.69, 9.17) is 11.6 Å². The van der Waals surface area contributed by atoms with E-state index < -0.39 is 34.5 Å². The summed E-state index contributed by atoms with van der Waals surface area (Å²) in [6.45, 7) is 2.91. The molecule has 2 amide bonds. The quantitative estimate of drug-likeness (QED) is 0.422. The molecule has 4 rings (SSSR count). The van der Waals surface area contributed by atoms with Crippen LogP contribution in [0.25, 0.3) is 0 Å². The SMILES string of the molecule is CC(=O)C1=NN(c2ccccc2[N+](=O)[O-])[C@H]2C(=O)N(c3cccc(Cl)c3C)C(=O)[C@H]12. The van der Waals surface area contributed by atoms with E-state index in [9.17, 15) is 24.5 Å². The maximum Gasteiger partial charge on any atom is 0.294 e. The highest BCUT2D eigenvalue weighted by molar-refractivity contribution is 6.49. The number of nitro groups is 1. The van der Waals surface area contributed by atoms with Crippen molar-refractivity contribution in [3.63, 3.8) is 0 Å². The molecule has 2 aromatic rings. The number of hydrazone groups is 1. The van der Waals surface area contributed by atoms with Crippen LogP contribution in [-0.4, -0.2) is 34.3 Å². The molecule has 0 aromatic heterocycles. The molecular formula is C20H15ClN4O5. The molecule has 1 saturated heterocycles. The zero-order valence-corrected chi connectivity index (χ0v) is 16.7. The second-order valence-corrected chi connectivity index (χ2v) is 7.36. The molecule has 0 N–H and O–H groups in total. The van der Waals surface area contributed by atoms with Gasteiger partial charge in [0.15, 0.2) is 5.78 Å². The van der Waals surface area contributed by atoms with E-state index >= 15 is 0 Å². The number of anilines is 2. The lowest BCUT2D eigenvalue weighted by molar-refractivity contribution is -0.384. The van der Waals surface area contributed by atoms with E-state index in [0.717, 1.165) is 9.91 Å². The molecule has 0 aliphatic carbocycles. The van der Waals surface area contributed by atoms with Crippen LogP contribution in [-0.2, 0) is 14.4 Å². The van der Waals surface area contributed by atoms with E-state index in [-0.39, 0.29) is 17.1 Å². The molecular weight excluding hydrogens is 412 g/mol. The third-order valence-electron chi connectivity index (χ3n) is 5.22. The number of para-hydroxylation sites is 2. The second kappa shape index (κ2) is 7.03. The van der Waals surface area contributed by atoms with Crippen molar-refractivity contribution < 1.29 is 19.3 Å². The Kier molecular flexibility index (Phi) is 4.62. The Morgan fingerprint density at radius 1 is 1.10 bits per heavy atom. The highest BCUT2D eigenvalue weighted by atomic mass is 35.5. The first-order chi connectivity index (χ1) is 14.2. The van der Waals surface area contributed by atoms with Gasteiger partial charge in [0.1, 0.15) is 23.4 Å². The van der Waals surface area contributed by atoms with Crippen LogP contribution in [0.5, 0.6) is 0 Å². The third kappa shape index (κ3) is 2.78. The number of carbonyl (C=O) groups is 3. The molecule has 0 bridgehead atoms. The van der Waals surface area contributed by atoms with Crippen LogP contribution >= 0.6 is 11.6 Å². The van der Waals surface area contributed by atoms with Gasteiger partial charge in [-0.05, 0) is 30.7 Å². The van der Waals surface area contributed by atoms with Gasteiger partial charge in [0.05, 0.1) is 10.6 Å². The zero-order valence-electron chi connectivity index (χ0n) is 15.9. The fraction of sp³-hybridized carbons (Fsp3) is 0.200. The van der Waals surface area contributed by atoms with Gasteiger partial charge in [-0.3, -0.25) is 24.5 Å². The molecule has 2 aromatic carbocycles. The molecule has 2 heterocycles. The van der Waals surface area contributed by atoms with Crippen molar-refractivity contribution in [2.45, 2.75) is 19.9 Å². The monoisotopic (exact) mass is 426 g/mol. The molecule has 10 heteroatoms. The molecule has 2 aliphatic heterocycles. The topological polar surface area (TPSA) is 113 Å². The van der Waals surface area contributed by atoms with E-state index in [1.54, 1.807) is 31.2 Å². The van der Waals surface area contributed by atoms with Crippen molar-refractivity contribution in [1.29, 1.82) is 0 Å². The summed E-state index contributed by atoms with van der Waals surface area (Å²) < 4.78 is 0. The number of fused-ring (bicyclic) bond motifs is 1. The van der Waals surface area contributed by atoms with Gasteiger partial charge in [-0.25, -0.2) is 9.91 Å². The lowest BCUT2D eigenvalue weighted by Gasteiger charge is -2.22. The number of halogens is 1. The van der Waals surface area contributed by atoms with Crippen molar-refractivity contribution in [2.75, 3.05) is 9.91 Å². The van der Waals surface area contributed by atoms with E-state index in [1.807, 2.05) is 0 Å². The molecule has 1 fully saturated rings. The summed E-state index contributed by atoms with van der Waals surface area (Å²) in [4.78, 5) is 50.7. The first-order valence-corrected chi connectivity index (χ1v) is 9.37. The second-order valence-electron chi connectivity index (χ2n) is 6.95. The number of imide groups is 1. The van der Waals surface area contributed by atoms with Gasteiger partial charge in [0.2, 0.25) is 5.91 Å². The standard InChI is InChI=1S/C20H15ClN4O5/c1-10-12(21)6-5-9-13(10)23-19(27)16-17(11(2)26)22-24(18(16)20(23)28)14-7-3-4-8-15(14)25(29)30/h3-9,16,18H,1-2H3/t16-,18-/m1/s1. The number of rotatable bonds is 4. The van der Waals surface area contributed by atoms with Crippen molar-refractivity contribution in [3.8, 4) is 0 Å². The molecule has 9 nitrogen and oxygen atoms in total. The summed E-state index contributed by atoms with van der Waals surface area (Å²) in [5.74, 6) is -2.90. The number of amides is 2. The van der Waals surface area contributed by atoms with Crippen LogP contribution in [0.4, 0.5) is 17.1 Å². The Bertz CT molecular complexity index is 1160. The minimum atomic E-state index is -1.20. The molecule has 0 saturated carbocycles. The molecule has 0 radical (unpaired) electrons. The van der Waals surface area contributed by atoms with Crippen LogP contribution in [0.2, 0.25) is 5.02 Å². The van der Waals surface area contributed by atoms with Gasteiger partial charge in [-0.1, -0.05) is 29.8 Å². The van der Waals surface area contributed by atoms with Crippen LogP contribution in [0.1, 0.15) is 12.5 Å². The van der Waals surface area contributed by atoms with E-state index in [1.165, 1.54) is 25.1 Å². The molecule has 30 heavy (non-hydrogen) atoms. The van der Waals surface area contributed by atoms with Crippen LogP contribution in [0, 0.1) is 23.0 Å². The highest BCUT2D eigenvalue weighted by Gasteiger charge is 2.59. The summed E-state index contributed by atoms with van der Waals surface area (Å²) in [7, 11) is 0. The minimum Gasteiger partial charge on any atom is -0.293 e. The number of nitro benzene ring substituents is 1. The molecule has 2 aliphatic rings. The maximum absolute atomic E-state index is 13.4. The summed E-state index contributed by atoms with van der Waals surface area (Å²) in [5, 5.41) is 17.1. The summed E-state index contributed by atoms with van der Waals surface area (Å²) in [6, 6.07) is 9.35. The van der Waals surface area contributed by atoms with Crippen molar-refractivity contribution in [2.24, 2.45) is 11.0 Å². The lowest BCUT2D eigenvalue weighted by Crippen LogP contribution is -2.39. The first-order valence-electron chi connectivity index (χ1n) is 8.99. The molecule has 0 spiro atoms. The smallest absolute Gasteiger partial charge is 0.293 e. The average Bonchev–Trinajstić information content (AvgIpc) is 3.22. The third-order valence-corrected chi connectivity index (χ3v) is 5.62. The van der Waals surface area contributed by atoms with Gasteiger partial charge < -0.3 is 0 Å². The van der Waals surface area contributed by atoms with Crippen molar-refractivity contribution >= 4 is 52.0 Å². The van der Waals surface area contributed by atoms with Crippen LogP contribution in [0.3, 0.4) is 0 Å². The Balaban J connectivity index is 1.87. The van der Waals surface area contributed by atoms with Gasteiger partial charge in [0.25, 0.3) is 11.6 Å². The predicted molar refractivity (Wildman–Crippen MR) is 110 cm³/mol. The predicted octanol–water partition coefficient (Wildman–Crippen LogP) is 2.88. The number of Topliss-reactive ketones (excluding diaryl/α,β-unsaturated/α-hetero) is 1. The van der Waals surface area contributed by atoms with E-state index in [2.05, 4.69) is 5.10 Å². The highest BCUT2D eigenvalue weighted by Crippen LogP contribution is 2.41. The average molecular weight is 427 g/mol. The molecule has 0 unspecified atom stereocenters.